The van der Waals surface area contributed by atoms with Crippen molar-refractivity contribution < 1.29 is 41.7 Å². The molecule has 0 radical (unpaired) electrons. The number of nitrogens with zero attached hydrogens (tertiary/aromatic N) is 7. The molecule has 9 atom stereocenters. The van der Waals surface area contributed by atoms with Gasteiger partial charge in [-0.25, -0.2) is 24.3 Å². The Morgan fingerprint density at radius 3 is 2.60 bits per heavy atom. The largest absolute Gasteiger partial charge is 0.382 e. The summed E-state index contributed by atoms with van der Waals surface area (Å²) in [5.41, 5.74) is 5.97. The molecule has 4 N–H and O–H groups in total. The topological polar surface area (TPSA) is 205 Å². The summed E-state index contributed by atoms with van der Waals surface area (Å²) >= 11 is 10.5. The van der Waals surface area contributed by atoms with E-state index >= 15 is 4.39 Å². The highest BCUT2D eigenvalue weighted by atomic mass is 32.5. The molecule has 2 unspecified atom stereocenters. The molecule has 0 saturated carbocycles. The van der Waals surface area contributed by atoms with Gasteiger partial charge in [0.05, 0.1) is 25.6 Å². The van der Waals surface area contributed by atoms with Crippen molar-refractivity contribution in [1.29, 1.82) is 0 Å². The van der Waals surface area contributed by atoms with Crippen LogP contribution in [-0.2, 0) is 51.2 Å². The first kappa shape index (κ1) is 29.4. The lowest BCUT2D eigenvalue weighted by Gasteiger charge is -2.28. The second-order valence-electron chi connectivity index (χ2n) is 9.88. The summed E-state index contributed by atoms with van der Waals surface area (Å²) in [6.07, 6.45) is -1.62. The summed E-state index contributed by atoms with van der Waals surface area (Å²) in [6.45, 7) is -8.88. The summed E-state index contributed by atoms with van der Waals surface area (Å²) in [4.78, 5) is 50.6. The summed E-state index contributed by atoms with van der Waals surface area (Å²) in [5, 5.41) is 0. The zero-order chi connectivity index (χ0) is 30.1. The third-order valence-corrected chi connectivity index (χ3v) is 10.3. The highest BCUT2D eigenvalue weighted by Gasteiger charge is 2.51. The quantitative estimate of drug-likeness (QED) is 0.250. The average Bonchev–Trinajstić information content (AvgIpc) is 3.74. The highest BCUT2D eigenvalue weighted by Crippen LogP contribution is 2.54. The normalized spacial score (nSPS) is 37.1. The summed E-state index contributed by atoms with van der Waals surface area (Å²) in [7, 11) is 0. The number of rotatable bonds is 2. The maximum absolute atomic E-state index is 16.0. The minimum absolute atomic E-state index is 0.0856. The third-order valence-electron chi connectivity index (χ3n) is 7.16. The van der Waals surface area contributed by atoms with Gasteiger partial charge in [0.25, 0.3) is 5.56 Å². The van der Waals surface area contributed by atoms with Gasteiger partial charge in [-0.15, -0.1) is 0 Å². The van der Waals surface area contributed by atoms with Gasteiger partial charge >= 0.3 is 13.4 Å². The summed E-state index contributed by atoms with van der Waals surface area (Å²) in [5.74, 6) is 0.334. The van der Waals surface area contributed by atoms with Gasteiger partial charge in [0, 0.05) is 31.1 Å². The number of alkyl halides is 1. The van der Waals surface area contributed by atoms with Gasteiger partial charge in [0.2, 0.25) is 5.78 Å². The fraction of sp³-hybridized carbons (Fsp3) is 0.476. The zero-order valence-corrected chi connectivity index (χ0v) is 25.1. The molecule has 17 nitrogen and oxygen atoms in total. The van der Waals surface area contributed by atoms with E-state index in [0.717, 1.165) is 0 Å². The first-order valence-corrected chi connectivity index (χ1v) is 17.9. The maximum atomic E-state index is 16.0. The predicted molar refractivity (Wildman–Crippen MR) is 151 cm³/mol. The van der Waals surface area contributed by atoms with Crippen molar-refractivity contribution in [2.24, 2.45) is 0 Å². The molecule has 7 heterocycles. The predicted octanol–water partition coefficient (Wildman–Crippen LogP) is 0.692. The van der Waals surface area contributed by atoms with Crippen molar-refractivity contribution in [2.45, 2.75) is 49.5 Å². The van der Waals surface area contributed by atoms with E-state index in [4.69, 9.17) is 56.9 Å². The molecule has 0 aliphatic carbocycles. The number of nitrogen functional groups attached to an aromatic ring is 1. The number of ether oxygens (including phenoxy) is 2. The molecule has 4 aromatic rings. The molecule has 0 spiro atoms. The number of nitrogens with two attached hydrogens (primary N) is 1. The van der Waals surface area contributed by atoms with Gasteiger partial charge < -0.3 is 38.6 Å². The van der Waals surface area contributed by atoms with Crippen molar-refractivity contribution >= 4 is 59.8 Å². The Morgan fingerprint density at radius 2 is 1.77 bits per heavy atom. The maximum Gasteiger partial charge on any atom is 0.325 e. The Kier molecular flexibility index (Phi) is 7.48. The Bertz CT molecular complexity index is 1860. The molecule has 0 aromatic carbocycles. The molecule has 3 aliphatic heterocycles. The van der Waals surface area contributed by atoms with Crippen molar-refractivity contribution in [2.75, 3.05) is 18.9 Å². The molecule has 230 valence electrons. The van der Waals surface area contributed by atoms with Crippen LogP contribution in [0.1, 0.15) is 18.9 Å². The fourth-order valence-electron chi connectivity index (χ4n) is 5.28. The zero-order valence-electron chi connectivity index (χ0n) is 21.7. The molecular formula is C21H23FN8O9P2S2. The van der Waals surface area contributed by atoms with Crippen molar-refractivity contribution in [3.8, 4) is 0 Å². The van der Waals surface area contributed by atoms with E-state index in [1.165, 1.54) is 46.3 Å². The molecule has 3 fully saturated rings. The van der Waals surface area contributed by atoms with Crippen LogP contribution in [0.4, 0.5) is 10.2 Å². The van der Waals surface area contributed by atoms with Crippen LogP contribution in [0.5, 0.6) is 0 Å². The van der Waals surface area contributed by atoms with Crippen molar-refractivity contribution in [3.05, 3.63) is 47.7 Å². The molecule has 7 rings (SSSR count). The minimum Gasteiger partial charge on any atom is -0.382 e. The second kappa shape index (κ2) is 10.9. The highest BCUT2D eigenvalue weighted by molar-refractivity contribution is 8.07. The molecule has 22 heteroatoms. The SMILES string of the molecule is Nc1ncnc2c1ncn2[C@@H]1O[C@@H]2COP(O)(=S)O[C@@H]3C[C@@H](COP(O)(=S)O[C@H]2[C@@H]1F)O[C@H]3n1ccc(=O)n2ccnc12. The lowest BCUT2D eigenvalue weighted by molar-refractivity contribution is -0.0600. The number of halogens is 1. The number of imidazole rings is 2. The first-order chi connectivity index (χ1) is 20.5. The van der Waals surface area contributed by atoms with Gasteiger partial charge in [0.1, 0.15) is 30.2 Å². The van der Waals surface area contributed by atoms with Crippen molar-refractivity contribution in [1.82, 2.24) is 33.5 Å². The Labute approximate surface area is 250 Å². The van der Waals surface area contributed by atoms with Gasteiger partial charge in [-0.3, -0.25) is 22.9 Å². The van der Waals surface area contributed by atoms with Crippen LogP contribution >= 0.6 is 13.4 Å². The van der Waals surface area contributed by atoms with Crippen LogP contribution in [0.3, 0.4) is 0 Å². The van der Waals surface area contributed by atoms with E-state index in [0.29, 0.717) is 0 Å². The van der Waals surface area contributed by atoms with E-state index in [9.17, 15) is 14.6 Å². The average molecular weight is 677 g/mol. The van der Waals surface area contributed by atoms with Crippen LogP contribution in [-0.4, -0.2) is 87.1 Å². The molecule has 4 aromatic heterocycles. The van der Waals surface area contributed by atoms with Gasteiger partial charge in [-0.05, 0) is 23.6 Å². The van der Waals surface area contributed by atoms with E-state index in [2.05, 4.69) is 19.9 Å². The Hall–Kier alpha value is -2.32. The monoisotopic (exact) mass is 676 g/mol. The van der Waals surface area contributed by atoms with Crippen LogP contribution in [0.2, 0.25) is 0 Å². The van der Waals surface area contributed by atoms with Crippen LogP contribution in [0.25, 0.3) is 16.9 Å². The molecule has 3 saturated heterocycles. The Morgan fingerprint density at radius 1 is 0.977 bits per heavy atom. The Balaban J connectivity index is 1.19. The third kappa shape index (κ3) is 5.45. The van der Waals surface area contributed by atoms with Gasteiger partial charge in [-0.2, -0.15) is 0 Å². The molecule has 43 heavy (non-hydrogen) atoms. The summed E-state index contributed by atoms with van der Waals surface area (Å²) in [6, 6.07) is 1.31. The molecule has 0 amide bonds. The van der Waals surface area contributed by atoms with Crippen LogP contribution < -0.4 is 11.3 Å². The number of anilines is 1. The van der Waals surface area contributed by atoms with Crippen molar-refractivity contribution in [3.63, 3.8) is 0 Å². The first-order valence-electron chi connectivity index (χ1n) is 12.7. The molecular weight excluding hydrogens is 653 g/mol. The number of aromatic nitrogens is 7. The van der Waals surface area contributed by atoms with E-state index in [1.54, 1.807) is 4.57 Å². The van der Waals surface area contributed by atoms with E-state index in [-0.39, 0.29) is 41.3 Å². The van der Waals surface area contributed by atoms with Crippen LogP contribution in [0.15, 0.2) is 42.1 Å². The fourth-order valence-corrected chi connectivity index (χ4v) is 8.17. The second-order valence-corrected chi connectivity index (χ2v) is 15.5. The standard InChI is InChI=1S/C21H23FN8O9P2S2/c22-14-16-12(37-20(14)30-9-27-15-17(23)25-8-26-18(15)30)7-35-40(32,42)38-11-5-10(6-34-41(33,43)39-16)36-19(11)29-3-1-13(31)28-4-2-24-21(28)29/h1-4,8-12,14,16,19-20H,5-7H2,(H,32,42)(H,33,43)(H2,23,25,26)/t10-,11+,12+,14-,16+,19+,20+,40?,41?/m0/s1. The summed E-state index contributed by atoms with van der Waals surface area (Å²) < 4.78 is 54.9. The van der Waals surface area contributed by atoms with Crippen LogP contribution in [0, 0.1) is 0 Å². The van der Waals surface area contributed by atoms with E-state index < -0.39 is 63.1 Å². The minimum atomic E-state index is -4.09. The lowest BCUT2D eigenvalue weighted by atomic mass is 10.1. The molecule has 2 bridgehead atoms. The molecule has 3 aliphatic rings. The van der Waals surface area contributed by atoms with Gasteiger partial charge in [-0.1, -0.05) is 0 Å². The number of hydrogen-bond acceptors (Lipinski definition) is 14. The lowest BCUT2D eigenvalue weighted by Crippen LogP contribution is -2.34. The van der Waals surface area contributed by atoms with Gasteiger partial charge in [0.15, 0.2) is 30.1 Å². The number of fused-ring (bicyclic) bond motifs is 5. The number of hydrogen-bond donors (Lipinski definition) is 3. The van der Waals surface area contributed by atoms with E-state index in [1.807, 2.05) is 0 Å². The smallest absolute Gasteiger partial charge is 0.325 e.